The van der Waals surface area contributed by atoms with Crippen molar-refractivity contribution in [1.82, 2.24) is 15.2 Å². The number of thioether (sulfide) groups is 1. The van der Waals surface area contributed by atoms with Crippen molar-refractivity contribution in [2.24, 2.45) is 5.73 Å². The molecule has 4 nitrogen and oxygen atoms in total. The summed E-state index contributed by atoms with van der Waals surface area (Å²) in [5, 5.41) is 6.90. The van der Waals surface area contributed by atoms with Gasteiger partial charge in [0, 0.05) is 0 Å². The van der Waals surface area contributed by atoms with Gasteiger partial charge in [-0.1, -0.05) is 6.92 Å². The molecule has 0 amide bonds. The number of nitrogens with zero attached hydrogens (tertiary/aromatic N) is 2. The second-order valence-electron chi connectivity index (χ2n) is 2.98. The number of nitrogens with two attached hydrogens (primary N) is 1. The minimum Gasteiger partial charge on any atom is -0.321 e. The molecule has 0 saturated heterocycles. The number of hydrogen-bond acceptors (Lipinski definition) is 4. The lowest BCUT2D eigenvalue weighted by Crippen LogP contribution is -2.06. The molecular formula is C8H16N4S. The van der Waals surface area contributed by atoms with Crippen molar-refractivity contribution in [3.8, 4) is 0 Å². The van der Waals surface area contributed by atoms with E-state index in [1.54, 1.807) is 0 Å². The zero-order chi connectivity index (χ0) is 9.68. The van der Waals surface area contributed by atoms with E-state index in [0.717, 1.165) is 17.3 Å². The average molecular weight is 200 g/mol. The third-order valence-corrected chi connectivity index (χ3v) is 2.72. The van der Waals surface area contributed by atoms with Gasteiger partial charge in [-0.25, -0.2) is 4.98 Å². The first-order valence-corrected chi connectivity index (χ1v) is 5.64. The molecule has 0 aliphatic carbocycles. The summed E-state index contributed by atoms with van der Waals surface area (Å²) < 4.78 is 0. The van der Waals surface area contributed by atoms with Gasteiger partial charge < -0.3 is 5.73 Å². The van der Waals surface area contributed by atoms with Crippen LogP contribution in [0.15, 0.2) is 0 Å². The van der Waals surface area contributed by atoms with Gasteiger partial charge in [0.15, 0.2) is 5.82 Å². The summed E-state index contributed by atoms with van der Waals surface area (Å²) in [6.45, 7) is 4.05. The Bertz CT molecular complexity index is 246. The molecule has 74 valence electrons. The second kappa shape index (κ2) is 5.24. The number of H-pyrrole nitrogens is 1. The van der Waals surface area contributed by atoms with Gasteiger partial charge in [-0.05, 0) is 19.1 Å². The molecule has 1 heterocycles. The lowest BCUT2D eigenvalue weighted by molar-refractivity contribution is 0.745. The van der Waals surface area contributed by atoms with E-state index >= 15 is 0 Å². The van der Waals surface area contributed by atoms with Crippen LogP contribution in [0.2, 0.25) is 0 Å². The summed E-state index contributed by atoms with van der Waals surface area (Å²) >= 11 is 1.86. The maximum atomic E-state index is 5.63. The molecule has 0 bridgehead atoms. The Kier molecular flexibility index (Phi) is 4.24. The molecular weight excluding hydrogens is 184 g/mol. The zero-order valence-corrected chi connectivity index (χ0v) is 8.90. The number of hydrogen-bond donors (Lipinski definition) is 2. The van der Waals surface area contributed by atoms with Crippen LogP contribution in [0.1, 0.15) is 38.0 Å². The van der Waals surface area contributed by atoms with Crippen molar-refractivity contribution in [2.45, 2.75) is 32.1 Å². The molecule has 0 aromatic carbocycles. The Morgan fingerprint density at radius 1 is 1.62 bits per heavy atom. The van der Waals surface area contributed by atoms with E-state index in [2.05, 4.69) is 22.1 Å². The van der Waals surface area contributed by atoms with Gasteiger partial charge in [-0.3, -0.25) is 5.10 Å². The van der Waals surface area contributed by atoms with E-state index in [-0.39, 0.29) is 6.04 Å². The number of aromatic nitrogens is 3. The van der Waals surface area contributed by atoms with E-state index < -0.39 is 0 Å². The highest BCUT2D eigenvalue weighted by Gasteiger charge is 2.06. The fourth-order valence-electron chi connectivity index (χ4n) is 0.891. The normalized spacial score (nSPS) is 13.2. The topological polar surface area (TPSA) is 67.6 Å². The Morgan fingerprint density at radius 3 is 2.92 bits per heavy atom. The van der Waals surface area contributed by atoms with E-state index in [0.29, 0.717) is 5.82 Å². The van der Waals surface area contributed by atoms with Crippen molar-refractivity contribution in [1.29, 1.82) is 0 Å². The quantitative estimate of drug-likeness (QED) is 0.706. The molecule has 0 saturated carbocycles. The van der Waals surface area contributed by atoms with Gasteiger partial charge in [0.25, 0.3) is 0 Å². The van der Waals surface area contributed by atoms with Crippen LogP contribution < -0.4 is 5.73 Å². The van der Waals surface area contributed by atoms with Crippen LogP contribution in [-0.2, 0) is 5.75 Å². The minimum atomic E-state index is -0.0822. The average Bonchev–Trinajstić information content (AvgIpc) is 2.53. The Balaban J connectivity index is 2.40. The Morgan fingerprint density at radius 2 is 2.38 bits per heavy atom. The molecule has 1 rings (SSSR count). The van der Waals surface area contributed by atoms with Gasteiger partial charge in [0.1, 0.15) is 5.82 Å². The summed E-state index contributed by atoms with van der Waals surface area (Å²) in [6, 6.07) is -0.0822. The van der Waals surface area contributed by atoms with Gasteiger partial charge >= 0.3 is 0 Å². The van der Waals surface area contributed by atoms with Crippen LogP contribution in [0, 0.1) is 0 Å². The number of rotatable bonds is 5. The third-order valence-electron chi connectivity index (χ3n) is 1.54. The first kappa shape index (κ1) is 10.5. The van der Waals surface area contributed by atoms with Gasteiger partial charge in [-0.15, -0.1) is 0 Å². The SMILES string of the molecule is CCCSCc1nc(C(C)N)n[nH]1. The molecule has 0 fully saturated rings. The lowest BCUT2D eigenvalue weighted by Gasteiger charge is -1.95. The van der Waals surface area contributed by atoms with Crippen molar-refractivity contribution in [3.63, 3.8) is 0 Å². The Labute approximate surface area is 82.7 Å². The predicted octanol–water partition coefficient (Wildman–Crippen LogP) is 1.47. The molecule has 1 aromatic rings. The standard InChI is InChI=1S/C8H16N4S/c1-3-4-13-5-7-10-8(6(2)9)12-11-7/h6H,3-5,9H2,1-2H3,(H,10,11,12). The fourth-order valence-corrected chi connectivity index (χ4v) is 1.65. The summed E-state index contributed by atoms with van der Waals surface area (Å²) in [5.41, 5.74) is 5.63. The summed E-state index contributed by atoms with van der Waals surface area (Å²) in [5.74, 6) is 3.68. The first-order valence-electron chi connectivity index (χ1n) is 4.48. The molecule has 1 aromatic heterocycles. The van der Waals surface area contributed by atoms with Crippen LogP contribution in [0.3, 0.4) is 0 Å². The minimum absolute atomic E-state index is 0.0822. The molecule has 3 N–H and O–H groups in total. The second-order valence-corrected chi connectivity index (χ2v) is 4.09. The van der Waals surface area contributed by atoms with E-state index in [4.69, 9.17) is 5.73 Å². The molecule has 5 heteroatoms. The zero-order valence-electron chi connectivity index (χ0n) is 8.08. The van der Waals surface area contributed by atoms with Crippen molar-refractivity contribution in [3.05, 3.63) is 11.6 Å². The van der Waals surface area contributed by atoms with Gasteiger partial charge in [0.05, 0.1) is 11.8 Å². The fraction of sp³-hybridized carbons (Fsp3) is 0.750. The highest BCUT2D eigenvalue weighted by molar-refractivity contribution is 7.98. The number of aromatic amines is 1. The van der Waals surface area contributed by atoms with Crippen molar-refractivity contribution >= 4 is 11.8 Å². The predicted molar refractivity (Wildman–Crippen MR) is 55.4 cm³/mol. The smallest absolute Gasteiger partial charge is 0.167 e. The Hall–Kier alpha value is -0.550. The molecule has 13 heavy (non-hydrogen) atoms. The van der Waals surface area contributed by atoms with E-state index in [9.17, 15) is 0 Å². The summed E-state index contributed by atoms with van der Waals surface area (Å²) in [6.07, 6.45) is 1.19. The lowest BCUT2D eigenvalue weighted by atomic mass is 10.3. The monoisotopic (exact) mass is 200 g/mol. The van der Waals surface area contributed by atoms with Crippen LogP contribution in [0.25, 0.3) is 0 Å². The molecule has 0 radical (unpaired) electrons. The van der Waals surface area contributed by atoms with Gasteiger partial charge in [0.2, 0.25) is 0 Å². The molecule has 1 unspecified atom stereocenters. The molecule has 0 aliphatic heterocycles. The van der Waals surface area contributed by atoms with E-state index in [1.165, 1.54) is 6.42 Å². The summed E-state index contributed by atoms with van der Waals surface area (Å²) in [4.78, 5) is 4.27. The molecule has 0 spiro atoms. The van der Waals surface area contributed by atoms with Crippen molar-refractivity contribution in [2.75, 3.05) is 5.75 Å². The highest BCUT2D eigenvalue weighted by atomic mass is 32.2. The van der Waals surface area contributed by atoms with Gasteiger partial charge in [-0.2, -0.15) is 16.9 Å². The highest BCUT2D eigenvalue weighted by Crippen LogP contribution is 2.10. The van der Waals surface area contributed by atoms with Crippen LogP contribution in [0.5, 0.6) is 0 Å². The number of nitrogens with one attached hydrogen (secondary N) is 1. The summed E-state index contributed by atoms with van der Waals surface area (Å²) in [7, 11) is 0. The molecule has 1 atom stereocenters. The maximum Gasteiger partial charge on any atom is 0.167 e. The van der Waals surface area contributed by atoms with Crippen LogP contribution >= 0.6 is 11.8 Å². The van der Waals surface area contributed by atoms with Crippen LogP contribution in [0.4, 0.5) is 0 Å². The third kappa shape index (κ3) is 3.36. The first-order chi connectivity index (χ1) is 6.24. The molecule has 0 aliphatic rings. The maximum absolute atomic E-state index is 5.63. The van der Waals surface area contributed by atoms with Crippen molar-refractivity contribution < 1.29 is 0 Å². The largest absolute Gasteiger partial charge is 0.321 e. The van der Waals surface area contributed by atoms with E-state index in [1.807, 2.05) is 18.7 Å². The van der Waals surface area contributed by atoms with Crippen LogP contribution in [-0.4, -0.2) is 20.9 Å².